The van der Waals surface area contributed by atoms with Crippen molar-refractivity contribution in [3.05, 3.63) is 48.8 Å². The zero-order chi connectivity index (χ0) is 16.5. The van der Waals surface area contributed by atoms with E-state index < -0.39 is 0 Å². The van der Waals surface area contributed by atoms with Crippen LogP contribution in [0.5, 0.6) is 0 Å². The summed E-state index contributed by atoms with van der Waals surface area (Å²) in [6.45, 7) is 1.37. The summed E-state index contributed by atoms with van der Waals surface area (Å²) in [5.74, 6) is 1.15. The molecule has 1 fully saturated rings. The second kappa shape index (κ2) is 5.88. The molecule has 120 valence electrons. The summed E-state index contributed by atoms with van der Waals surface area (Å²) in [6, 6.07) is 11.7. The lowest BCUT2D eigenvalue weighted by molar-refractivity contribution is -0.121. The number of carbonyl (C=O) groups is 1. The molecule has 2 N–H and O–H groups in total. The number of anilines is 1. The van der Waals surface area contributed by atoms with Crippen molar-refractivity contribution >= 4 is 22.6 Å². The van der Waals surface area contributed by atoms with Gasteiger partial charge in [0.15, 0.2) is 5.82 Å². The zero-order valence-corrected chi connectivity index (χ0v) is 13.1. The van der Waals surface area contributed by atoms with E-state index in [-0.39, 0.29) is 11.8 Å². The minimum Gasteiger partial charge on any atom is -0.369 e. The topological polar surface area (TPSA) is 85.0 Å². The van der Waals surface area contributed by atoms with Crippen molar-refractivity contribution < 1.29 is 4.79 Å². The van der Waals surface area contributed by atoms with Crippen LogP contribution >= 0.6 is 0 Å². The molecular weight excluding hydrogens is 302 g/mol. The van der Waals surface area contributed by atoms with Gasteiger partial charge >= 0.3 is 0 Å². The van der Waals surface area contributed by atoms with Gasteiger partial charge in [0.25, 0.3) is 0 Å². The Morgan fingerprint density at radius 2 is 1.92 bits per heavy atom. The Labute approximate surface area is 139 Å². The highest BCUT2D eigenvalue weighted by molar-refractivity contribution is 5.91. The lowest BCUT2D eigenvalue weighted by Gasteiger charge is -2.20. The first-order valence-corrected chi connectivity index (χ1v) is 7.94. The van der Waals surface area contributed by atoms with Crippen LogP contribution in [-0.2, 0) is 4.79 Å². The third-order valence-electron chi connectivity index (χ3n) is 4.41. The van der Waals surface area contributed by atoms with E-state index in [1.165, 1.54) is 0 Å². The van der Waals surface area contributed by atoms with Crippen molar-refractivity contribution in [3.8, 4) is 11.4 Å². The fourth-order valence-electron chi connectivity index (χ4n) is 3.12. The first-order chi connectivity index (χ1) is 11.7. The van der Waals surface area contributed by atoms with E-state index in [9.17, 15) is 4.79 Å². The minimum atomic E-state index is -0.245. The molecule has 1 saturated heterocycles. The first-order valence-electron chi connectivity index (χ1n) is 7.94. The Bertz CT molecular complexity index is 896. The number of hydrogen-bond donors (Lipinski definition) is 1. The third kappa shape index (κ3) is 2.56. The Hall–Kier alpha value is -3.02. The Balaban J connectivity index is 1.83. The number of nitrogens with two attached hydrogens (primary N) is 1. The van der Waals surface area contributed by atoms with E-state index in [1.54, 1.807) is 12.4 Å². The molecule has 6 nitrogen and oxygen atoms in total. The van der Waals surface area contributed by atoms with Crippen molar-refractivity contribution in [2.45, 2.75) is 6.42 Å². The number of benzene rings is 1. The number of para-hydroxylation sites is 1. The molecular formula is C18H17N5O. The van der Waals surface area contributed by atoms with Crippen molar-refractivity contribution in [1.82, 2.24) is 15.0 Å². The van der Waals surface area contributed by atoms with Crippen LogP contribution in [-0.4, -0.2) is 33.9 Å². The van der Waals surface area contributed by atoms with Gasteiger partial charge in [0, 0.05) is 36.4 Å². The maximum atomic E-state index is 11.5. The van der Waals surface area contributed by atoms with Crippen molar-refractivity contribution in [3.63, 3.8) is 0 Å². The van der Waals surface area contributed by atoms with Gasteiger partial charge in [-0.05, 0) is 30.7 Å². The van der Waals surface area contributed by atoms with Gasteiger partial charge in [0.1, 0.15) is 5.82 Å². The summed E-state index contributed by atoms with van der Waals surface area (Å²) >= 11 is 0. The van der Waals surface area contributed by atoms with Crippen LogP contribution in [0.4, 0.5) is 5.82 Å². The molecule has 1 atom stereocenters. The molecule has 1 aliphatic heterocycles. The van der Waals surface area contributed by atoms with Gasteiger partial charge in [-0.2, -0.15) is 0 Å². The van der Waals surface area contributed by atoms with E-state index >= 15 is 0 Å². The summed E-state index contributed by atoms with van der Waals surface area (Å²) in [6.07, 6.45) is 4.22. The van der Waals surface area contributed by atoms with Crippen molar-refractivity contribution in [2.24, 2.45) is 11.7 Å². The largest absolute Gasteiger partial charge is 0.369 e. The summed E-state index contributed by atoms with van der Waals surface area (Å²) in [5, 5.41) is 0.987. The third-order valence-corrected chi connectivity index (χ3v) is 4.41. The number of hydrogen-bond acceptors (Lipinski definition) is 5. The number of rotatable bonds is 3. The van der Waals surface area contributed by atoms with Crippen LogP contribution in [0.2, 0.25) is 0 Å². The van der Waals surface area contributed by atoms with Crippen LogP contribution in [0.25, 0.3) is 22.3 Å². The molecule has 4 rings (SSSR count). The molecule has 0 spiro atoms. The molecule has 1 aromatic carbocycles. The quantitative estimate of drug-likeness (QED) is 0.798. The average Bonchev–Trinajstić information content (AvgIpc) is 3.12. The number of amides is 1. The number of pyridine rings is 1. The standard InChI is InChI=1S/C18H17N5O/c19-16(24)13-7-10-23(11-13)18-14-3-1-2-4-15(14)21-17(22-18)12-5-8-20-9-6-12/h1-6,8-9,13H,7,10-11H2,(H2,19,24)/t13-/m0/s1. The molecule has 0 radical (unpaired) electrons. The van der Waals surface area contributed by atoms with Crippen molar-refractivity contribution in [2.75, 3.05) is 18.0 Å². The second-order valence-corrected chi connectivity index (χ2v) is 5.96. The second-order valence-electron chi connectivity index (χ2n) is 5.96. The van der Waals surface area contributed by atoms with E-state index in [4.69, 9.17) is 10.7 Å². The van der Waals surface area contributed by atoms with Gasteiger partial charge in [0.05, 0.1) is 11.4 Å². The molecule has 24 heavy (non-hydrogen) atoms. The van der Waals surface area contributed by atoms with E-state index in [0.717, 1.165) is 35.2 Å². The summed E-state index contributed by atoms with van der Waals surface area (Å²) in [7, 11) is 0. The highest BCUT2D eigenvalue weighted by Crippen LogP contribution is 2.30. The van der Waals surface area contributed by atoms with Gasteiger partial charge in [0.2, 0.25) is 5.91 Å². The SMILES string of the molecule is NC(=O)[C@H]1CCN(c2nc(-c3ccncc3)nc3ccccc23)C1. The summed E-state index contributed by atoms with van der Waals surface area (Å²) < 4.78 is 0. The molecule has 1 amide bonds. The fraction of sp³-hybridized carbons (Fsp3) is 0.222. The highest BCUT2D eigenvalue weighted by atomic mass is 16.1. The lowest BCUT2D eigenvalue weighted by atomic mass is 10.1. The van der Waals surface area contributed by atoms with E-state index in [0.29, 0.717) is 12.4 Å². The van der Waals surface area contributed by atoms with Crippen molar-refractivity contribution in [1.29, 1.82) is 0 Å². The Morgan fingerprint density at radius 3 is 2.67 bits per heavy atom. The monoisotopic (exact) mass is 319 g/mol. The van der Waals surface area contributed by atoms with Gasteiger partial charge in [-0.1, -0.05) is 12.1 Å². The Kier molecular flexibility index (Phi) is 3.57. The van der Waals surface area contributed by atoms with Crippen LogP contribution < -0.4 is 10.6 Å². The number of carbonyl (C=O) groups excluding carboxylic acids is 1. The molecule has 1 aliphatic rings. The molecule has 0 bridgehead atoms. The van der Waals surface area contributed by atoms with E-state index in [2.05, 4.69) is 14.9 Å². The van der Waals surface area contributed by atoms with Crippen LogP contribution in [0.3, 0.4) is 0 Å². The van der Waals surface area contributed by atoms with Gasteiger partial charge < -0.3 is 10.6 Å². The number of fused-ring (bicyclic) bond motifs is 1. The normalized spacial score (nSPS) is 17.3. The van der Waals surface area contributed by atoms with E-state index in [1.807, 2.05) is 36.4 Å². The maximum absolute atomic E-state index is 11.5. The van der Waals surface area contributed by atoms with Crippen LogP contribution in [0.15, 0.2) is 48.8 Å². The molecule has 0 aliphatic carbocycles. The molecule has 2 aromatic heterocycles. The lowest BCUT2D eigenvalue weighted by Crippen LogP contribution is -2.28. The predicted octanol–water partition coefficient (Wildman–Crippen LogP) is 2.00. The number of nitrogens with zero attached hydrogens (tertiary/aromatic N) is 4. The highest BCUT2D eigenvalue weighted by Gasteiger charge is 2.28. The molecule has 3 heterocycles. The van der Waals surface area contributed by atoms with Crippen LogP contribution in [0.1, 0.15) is 6.42 Å². The number of aromatic nitrogens is 3. The smallest absolute Gasteiger partial charge is 0.222 e. The molecule has 6 heteroatoms. The predicted molar refractivity (Wildman–Crippen MR) is 92.3 cm³/mol. The number of primary amides is 1. The zero-order valence-electron chi connectivity index (χ0n) is 13.1. The first kappa shape index (κ1) is 14.6. The summed E-state index contributed by atoms with van der Waals surface area (Å²) in [5.41, 5.74) is 7.27. The molecule has 0 saturated carbocycles. The fourth-order valence-corrected chi connectivity index (χ4v) is 3.12. The van der Waals surface area contributed by atoms with Crippen LogP contribution in [0, 0.1) is 5.92 Å². The van der Waals surface area contributed by atoms with Gasteiger partial charge in [-0.15, -0.1) is 0 Å². The molecule has 0 unspecified atom stereocenters. The minimum absolute atomic E-state index is 0.122. The average molecular weight is 319 g/mol. The maximum Gasteiger partial charge on any atom is 0.222 e. The molecule has 3 aromatic rings. The van der Waals surface area contributed by atoms with Gasteiger partial charge in [-0.3, -0.25) is 9.78 Å². The Morgan fingerprint density at radius 1 is 1.12 bits per heavy atom. The van der Waals surface area contributed by atoms with Gasteiger partial charge in [-0.25, -0.2) is 9.97 Å². The summed E-state index contributed by atoms with van der Waals surface area (Å²) in [4.78, 5) is 27.1.